The fourth-order valence-corrected chi connectivity index (χ4v) is 5.41. The lowest BCUT2D eigenvalue weighted by Crippen LogP contribution is -2.29. The average Bonchev–Trinajstić information content (AvgIpc) is 2.98. The van der Waals surface area contributed by atoms with Gasteiger partial charge in [0.25, 0.3) is 5.91 Å². The van der Waals surface area contributed by atoms with Gasteiger partial charge >= 0.3 is 0 Å². The van der Waals surface area contributed by atoms with E-state index in [0.29, 0.717) is 16.9 Å². The molecule has 0 bridgehead atoms. The molecule has 5 aromatic rings. The summed E-state index contributed by atoms with van der Waals surface area (Å²) >= 11 is 0. The van der Waals surface area contributed by atoms with E-state index in [1.165, 1.54) is 16.1 Å². The van der Waals surface area contributed by atoms with Crippen LogP contribution < -0.4 is 9.62 Å². The fourth-order valence-electron chi connectivity index (χ4n) is 4.51. The molecule has 0 unspecified atom stereocenters. The van der Waals surface area contributed by atoms with E-state index >= 15 is 0 Å². The molecular formula is C33H29N3O3S. The van der Waals surface area contributed by atoms with E-state index in [2.05, 4.69) is 10.3 Å². The summed E-state index contributed by atoms with van der Waals surface area (Å²) in [6.07, 6.45) is 5.55. The third-order valence-electron chi connectivity index (χ3n) is 6.57. The number of aromatic nitrogens is 1. The fraction of sp³-hybridized carbons (Fsp3) is 0.0909. The Morgan fingerprint density at radius 1 is 0.725 bits per heavy atom. The minimum absolute atomic E-state index is 0.142. The van der Waals surface area contributed by atoms with Crippen LogP contribution in [0.3, 0.4) is 0 Å². The van der Waals surface area contributed by atoms with Crippen LogP contribution >= 0.6 is 0 Å². The number of benzene rings is 4. The van der Waals surface area contributed by atoms with Crippen LogP contribution in [0.2, 0.25) is 0 Å². The Labute approximate surface area is 235 Å². The standard InChI is InChI=1S/C33H29N3O3S/c1-40(38,39)36(32-10-6-5-9-31(32)28-7-3-2-4-8-28)24-27-11-15-29(16-12-27)33(37)35-30-17-13-25(14-18-30)23-26-19-21-34-22-20-26/h2-22H,23-24H2,1H3,(H,35,37). The van der Waals surface area contributed by atoms with Gasteiger partial charge in [-0.1, -0.05) is 72.8 Å². The number of sulfonamides is 1. The topological polar surface area (TPSA) is 79.4 Å². The van der Waals surface area contributed by atoms with Gasteiger partial charge < -0.3 is 5.32 Å². The van der Waals surface area contributed by atoms with Crippen molar-refractivity contribution in [1.82, 2.24) is 4.98 Å². The van der Waals surface area contributed by atoms with Gasteiger partial charge in [0.2, 0.25) is 10.0 Å². The molecule has 200 valence electrons. The first-order valence-corrected chi connectivity index (χ1v) is 14.7. The van der Waals surface area contributed by atoms with Gasteiger partial charge in [-0.25, -0.2) is 8.42 Å². The Morgan fingerprint density at radius 3 is 2.00 bits per heavy atom. The minimum atomic E-state index is -3.59. The van der Waals surface area contributed by atoms with Crippen LogP contribution in [0, 0.1) is 0 Å². The average molecular weight is 548 g/mol. The number of pyridine rings is 1. The maximum Gasteiger partial charge on any atom is 0.255 e. The number of anilines is 2. The van der Waals surface area contributed by atoms with Crippen molar-refractivity contribution in [1.29, 1.82) is 0 Å². The second-order valence-electron chi connectivity index (χ2n) is 9.53. The lowest BCUT2D eigenvalue weighted by atomic mass is 10.0. The van der Waals surface area contributed by atoms with E-state index < -0.39 is 10.0 Å². The SMILES string of the molecule is CS(=O)(=O)N(Cc1ccc(C(=O)Nc2ccc(Cc3ccncc3)cc2)cc1)c1ccccc1-c1ccccc1. The molecule has 0 saturated carbocycles. The molecule has 5 rings (SSSR count). The van der Waals surface area contributed by atoms with Crippen molar-refractivity contribution < 1.29 is 13.2 Å². The van der Waals surface area contributed by atoms with Gasteiger partial charge in [0, 0.05) is 29.2 Å². The van der Waals surface area contributed by atoms with Crippen LogP contribution in [-0.2, 0) is 23.0 Å². The highest BCUT2D eigenvalue weighted by atomic mass is 32.2. The molecule has 1 N–H and O–H groups in total. The zero-order chi connectivity index (χ0) is 28.0. The Morgan fingerprint density at radius 2 is 1.32 bits per heavy atom. The second-order valence-corrected chi connectivity index (χ2v) is 11.4. The smallest absolute Gasteiger partial charge is 0.255 e. The minimum Gasteiger partial charge on any atom is -0.322 e. The molecule has 0 saturated heterocycles. The molecule has 1 heterocycles. The maximum absolute atomic E-state index is 12.9. The number of para-hydroxylation sites is 1. The monoisotopic (exact) mass is 547 g/mol. The Bertz CT molecular complexity index is 1690. The summed E-state index contributed by atoms with van der Waals surface area (Å²) in [6.45, 7) is 0.142. The number of carbonyl (C=O) groups excluding carboxylic acids is 1. The van der Waals surface area contributed by atoms with Crippen molar-refractivity contribution in [2.45, 2.75) is 13.0 Å². The summed E-state index contributed by atoms with van der Waals surface area (Å²) in [6, 6.07) is 35.9. The highest BCUT2D eigenvalue weighted by Crippen LogP contribution is 2.33. The predicted octanol–water partition coefficient (Wildman–Crippen LogP) is 6.56. The molecular weight excluding hydrogens is 518 g/mol. The van der Waals surface area contributed by atoms with Crippen molar-refractivity contribution in [3.63, 3.8) is 0 Å². The normalized spacial score (nSPS) is 11.1. The number of amides is 1. The highest BCUT2D eigenvalue weighted by Gasteiger charge is 2.21. The molecule has 0 radical (unpaired) electrons. The molecule has 0 aliphatic rings. The molecule has 1 aromatic heterocycles. The van der Waals surface area contributed by atoms with Crippen molar-refractivity contribution in [2.24, 2.45) is 0 Å². The summed E-state index contributed by atoms with van der Waals surface area (Å²) in [4.78, 5) is 16.9. The molecule has 0 aliphatic carbocycles. The molecule has 0 atom stereocenters. The number of nitrogens with zero attached hydrogens (tertiary/aromatic N) is 2. The number of carbonyl (C=O) groups is 1. The lowest BCUT2D eigenvalue weighted by Gasteiger charge is -2.25. The molecule has 4 aromatic carbocycles. The number of nitrogens with one attached hydrogen (secondary N) is 1. The number of rotatable bonds is 9. The van der Waals surface area contributed by atoms with E-state index in [9.17, 15) is 13.2 Å². The zero-order valence-corrected chi connectivity index (χ0v) is 22.9. The first-order chi connectivity index (χ1) is 19.4. The van der Waals surface area contributed by atoms with E-state index in [4.69, 9.17) is 0 Å². The van der Waals surface area contributed by atoms with Crippen LogP contribution in [0.5, 0.6) is 0 Å². The second kappa shape index (κ2) is 12.0. The molecule has 7 heteroatoms. The van der Waals surface area contributed by atoms with Crippen LogP contribution in [-0.4, -0.2) is 25.6 Å². The van der Waals surface area contributed by atoms with Crippen LogP contribution in [0.1, 0.15) is 27.0 Å². The van der Waals surface area contributed by atoms with E-state index in [0.717, 1.165) is 28.7 Å². The first-order valence-electron chi connectivity index (χ1n) is 12.9. The largest absolute Gasteiger partial charge is 0.322 e. The van der Waals surface area contributed by atoms with Gasteiger partial charge in [0.1, 0.15) is 0 Å². The lowest BCUT2D eigenvalue weighted by molar-refractivity contribution is 0.102. The molecule has 6 nitrogen and oxygen atoms in total. The molecule has 1 amide bonds. The molecule has 40 heavy (non-hydrogen) atoms. The molecule has 0 aliphatic heterocycles. The summed E-state index contributed by atoms with van der Waals surface area (Å²) < 4.78 is 27.2. The molecule has 0 spiro atoms. The zero-order valence-electron chi connectivity index (χ0n) is 22.1. The van der Waals surface area contributed by atoms with Crippen molar-refractivity contribution >= 4 is 27.3 Å². The van der Waals surface area contributed by atoms with Crippen LogP contribution in [0.4, 0.5) is 11.4 Å². The summed E-state index contributed by atoms with van der Waals surface area (Å²) in [5.41, 5.74) is 6.63. The van der Waals surface area contributed by atoms with Gasteiger partial charge in [0.15, 0.2) is 0 Å². The van der Waals surface area contributed by atoms with Crippen LogP contribution in [0.15, 0.2) is 128 Å². The number of hydrogen-bond donors (Lipinski definition) is 1. The van der Waals surface area contributed by atoms with Gasteiger partial charge in [-0.05, 0) is 71.1 Å². The van der Waals surface area contributed by atoms with Gasteiger partial charge in [-0.15, -0.1) is 0 Å². The predicted molar refractivity (Wildman–Crippen MR) is 161 cm³/mol. The number of hydrogen-bond acceptors (Lipinski definition) is 4. The Balaban J connectivity index is 1.29. The Kier molecular flexibility index (Phi) is 8.03. The first kappa shape index (κ1) is 26.8. The van der Waals surface area contributed by atoms with Crippen LogP contribution in [0.25, 0.3) is 11.1 Å². The van der Waals surface area contributed by atoms with E-state index in [1.54, 1.807) is 36.7 Å². The van der Waals surface area contributed by atoms with Crippen molar-refractivity contribution in [2.75, 3.05) is 15.9 Å². The quantitative estimate of drug-likeness (QED) is 0.227. The van der Waals surface area contributed by atoms with E-state index in [1.807, 2.05) is 91.0 Å². The third-order valence-corrected chi connectivity index (χ3v) is 7.70. The van der Waals surface area contributed by atoms with Gasteiger partial charge in [-0.2, -0.15) is 0 Å². The summed E-state index contributed by atoms with van der Waals surface area (Å²) in [5.74, 6) is -0.233. The molecule has 0 fully saturated rings. The summed E-state index contributed by atoms with van der Waals surface area (Å²) in [5, 5.41) is 2.93. The van der Waals surface area contributed by atoms with Crippen molar-refractivity contribution in [3.05, 3.63) is 150 Å². The maximum atomic E-state index is 12.9. The Hall–Kier alpha value is -4.75. The summed E-state index contributed by atoms with van der Waals surface area (Å²) in [7, 11) is -3.59. The van der Waals surface area contributed by atoms with Crippen molar-refractivity contribution in [3.8, 4) is 11.1 Å². The highest BCUT2D eigenvalue weighted by molar-refractivity contribution is 7.92. The third kappa shape index (κ3) is 6.62. The van der Waals surface area contributed by atoms with Gasteiger partial charge in [0.05, 0.1) is 18.5 Å². The van der Waals surface area contributed by atoms with Gasteiger partial charge in [-0.3, -0.25) is 14.1 Å². The van der Waals surface area contributed by atoms with E-state index in [-0.39, 0.29) is 12.5 Å².